The first kappa shape index (κ1) is 11.3. The van der Waals surface area contributed by atoms with Crippen LogP contribution in [0, 0.1) is 0 Å². The first-order valence-electron chi connectivity index (χ1n) is 5.12. The van der Waals surface area contributed by atoms with Gasteiger partial charge in [0.05, 0.1) is 6.61 Å². The van der Waals surface area contributed by atoms with Gasteiger partial charge in [-0.2, -0.15) is 0 Å². The van der Waals surface area contributed by atoms with Crippen LogP contribution in [0.2, 0.25) is 0 Å². The largest absolute Gasteiger partial charge is 0.398 e. The van der Waals surface area contributed by atoms with Gasteiger partial charge in [0.15, 0.2) is 0 Å². The summed E-state index contributed by atoms with van der Waals surface area (Å²) < 4.78 is 5.37. The molecular formula is C11H15NO4. The normalized spacial score (nSPS) is 34.2. The van der Waals surface area contributed by atoms with Gasteiger partial charge < -0.3 is 25.8 Å². The van der Waals surface area contributed by atoms with Crippen LogP contribution in [-0.4, -0.2) is 40.2 Å². The Morgan fingerprint density at radius 3 is 2.44 bits per heavy atom. The topological polar surface area (TPSA) is 95.9 Å². The quantitative estimate of drug-likeness (QED) is 0.505. The molecule has 1 aromatic carbocycles. The van der Waals surface area contributed by atoms with Crippen molar-refractivity contribution in [2.24, 2.45) is 0 Å². The number of aliphatic hydroxyl groups is 3. The maximum atomic E-state index is 9.80. The minimum atomic E-state index is -1.09. The van der Waals surface area contributed by atoms with Crippen molar-refractivity contribution >= 4 is 5.69 Å². The molecule has 0 aliphatic carbocycles. The summed E-state index contributed by atoms with van der Waals surface area (Å²) in [6, 6.07) is 6.99. The average molecular weight is 225 g/mol. The van der Waals surface area contributed by atoms with Crippen LogP contribution >= 0.6 is 0 Å². The lowest BCUT2D eigenvalue weighted by Crippen LogP contribution is -2.32. The smallest absolute Gasteiger partial charge is 0.114 e. The fourth-order valence-corrected chi connectivity index (χ4v) is 1.93. The maximum Gasteiger partial charge on any atom is 0.114 e. The average Bonchev–Trinajstić information content (AvgIpc) is 2.57. The molecule has 1 saturated heterocycles. The van der Waals surface area contributed by atoms with Gasteiger partial charge in [0.2, 0.25) is 0 Å². The molecule has 5 nitrogen and oxygen atoms in total. The highest BCUT2D eigenvalue weighted by atomic mass is 16.6. The second-order valence-corrected chi connectivity index (χ2v) is 3.89. The fraction of sp³-hybridized carbons (Fsp3) is 0.455. The third-order valence-corrected chi connectivity index (χ3v) is 2.84. The van der Waals surface area contributed by atoms with Crippen LogP contribution in [0.4, 0.5) is 5.69 Å². The van der Waals surface area contributed by atoms with E-state index in [0.717, 1.165) is 0 Å². The van der Waals surface area contributed by atoms with E-state index in [9.17, 15) is 10.2 Å². The minimum Gasteiger partial charge on any atom is -0.398 e. The molecule has 1 heterocycles. The Labute approximate surface area is 93.1 Å². The van der Waals surface area contributed by atoms with E-state index in [1.165, 1.54) is 0 Å². The minimum absolute atomic E-state index is 0.332. The van der Waals surface area contributed by atoms with E-state index >= 15 is 0 Å². The number of hydrogen-bond donors (Lipinski definition) is 4. The van der Waals surface area contributed by atoms with E-state index in [1.54, 1.807) is 24.3 Å². The van der Waals surface area contributed by atoms with E-state index in [-0.39, 0.29) is 6.61 Å². The van der Waals surface area contributed by atoms with Crippen LogP contribution in [0.1, 0.15) is 11.7 Å². The molecule has 16 heavy (non-hydrogen) atoms. The van der Waals surface area contributed by atoms with Crippen molar-refractivity contribution in [3.8, 4) is 0 Å². The van der Waals surface area contributed by atoms with E-state index in [1.807, 2.05) is 0 Å². The molecule has 0 spiro atoms. The predicted octanol–water partition coefficient (Wildman–Crippen LogP) is -0.577. The Hall–Kier alpha value is -1.14. The van der Waals surface area contributed by atoms with Gasteiger partial charge in [0.25, 0.3) is 0 Å². The van der Waals surface area contributed by atoms with E-state index in [2.05, 4.69) is 0 Å². The van der Waals surface area contributed by atoms with Crippen LogP contribution in [0.3, 0.4) is 0 Å². The molecule has 0 saturated carbocycles. The van der Waals surface area contributed by atoms with Crippen molar-refractivity contribution in [1.82, 2.24) is 0 Å². The molecule has 5 heteroatoms. The lowest BCUT2D eigenvalue weighted by atomic mass is 10.0. The van der Waals surface area contributed by atoms with Crippen molar-refractivity contribution in [3.63, 3.8) is 0 Å². The summed E-state index contributed by atoms with van der Waals surface area (Å²) >= 11 is 0. The summed E-state index contributed by atoms with van der Waals surface area (Å²) in [5.74, 6) is 0. The number of hydrogen-bond acceptors (Lipinski definition) is 5. The maximum absolute atomic E-state index is 9.80. The molecule has 1 aliphatic heterocycles. The molecule has 1 aromatic rings. The summed E-state index contributed by atoms with van der Waals surface area (Å²) in [6.45, 7) is -0.332. The van der Waals surface area contributed by atoms with Crippen molar-refractivity contribution in [3.05, 3.63) is 29.8 Å². The van der Waals surface area contributed by atoms with E-state index < -0.39 is 24.4 Å². The predicted molar refractivity (Wildman–Crippen MR) is 57.6 cm³/mol. The highest BCUT2D eigenvalue weighted by molar-refractivity contribution is 5.48. The number of benzene rings is 1. The summed E-state index contributed by atoms with van der Waals surface area (Å²) in [6.07, 6.45) is -3.61. The Balaban J connectivity index is 2.26. The molecule has 0 unspecified atom stereocenters. The highest BCUT2D eigenvalue weighted by Crippen LogP contribution is 2.35. The third kappa shape index (κ3) is 1.78. The Bertz CT molecular complexity index is 371. The SMILES string of the molecule is Nc1ccccc1[C@@H]1O[C@H](CO)[C@@H](O)[C@H]1O. The van der Waals surface area contributed by atoms with E-state index in [4.69, 9.17) is 15.6 Å². The molecule has 0 amide bonds. The van der Waals surface area contributed by atoms with Crippen LogP contribution in [0.5, 0.6) is 0 Å². The van der Waals surface area contributed by atoms with Gasteiger partial charge in [0.1, 0.15) is 24.4 Å². The second kappa shape index (κ2) is 4.39. The highest BCUT2D eigenvalue weighted by Gasteiger charge is 2.43. The standard InChI is InChI=1S/C11H15NO4/c12-7-4-2-1-3-6(7)11-10(15)9(14)8(5-13)16-11/h1-4,8-11,13-15H,5,12H2/t8-,9-,10-,11+/m1/s1. The lowest BCUT2D eigenvalue weighted by molar-refractivity contribution is -0.0225. The van der Waals surface area contributed by atoms with Crippen LogP contribution in [0.25, 0.3) is 0 Å². The lowest BCUT2D eigenvalue weighted by Gasteiger charge is -2.16. The van der Waals surface area contributed by atoms with Gasteiger partial charge in [-0.1, -0.05) is 18.2 Å². The molecule has 0 radical (unpaired) electrons. The zero-order chi connectivity index (χ0) is 11.7. The second-order valence-electron chi connectivity index (χ2n) is 3.89. The van der Waals surface area contributed by atoms with Crippen LogP contribution in [-0.2, 0) is 4.74 Å². The van der Waals surface area contributed by atoms with Gasteiger partial charge in [-0.15, -0.1) is 0 Å². The van der Waals surface area contributed by atoms with Gasteiger partial charge in [-0.05, 0) is 6.07 Å². The number of rotatable bonds is 2. The van der Waals surface area contributed by atoms with E-state index in [0.29, 0.717) is 11.3 Å². The molecule has 0 aromatic heterocycles. The van der Waals surface area contributed by atoms with Gasteiger partial charge in [0, 0.05) is 11.3 Å². The number of nitrogen functional groups attached to an aromatic ring is 1. The number of nitrogens with two attached hydrogens (primary N) is 1. The zero-order valence-electron chi connectivity index (χ0n) is 8.65. The molecule has 0 bridgehead atoms. The molecular weight excluding hydrogens is 210 g/mol. The van der Waals surface area contributed by atoms with Crippen molar-refractivity contribution < 1.29 is 20.1 Å². The molecule has 5 N–H and O–H groups in total. The Kier molecular flexibility index (Phi) is 3.11. The van der Waals surface area contributed by atoms with Crippen molar-refractivity contribution in [2.75, 3.05) is 12.3 Å². The number of aliphatic hydroxyl groups excluding tert-OH is 3. The molecule has 4 atom stereocenters. The first-order chi connectivity index (χ1) is 7.65. The molecule has 88 valence electrons. The van der Waals surface area contributed by atoms with Gasteiger partial charge in [-0.3, -0.25) is 0 Å². The summed E-state index contributed by atoms with van der Waals surface area (Å²) in [5, 5.41) is 28.4. The summed E-state index contributed by atoms with van der Waals surface area (Å²) in [7, 11) is 0. The van der Waals surface area contributed by atoms with Gasteiger partial charge in [-0.25, -0.2) is 0 Å². The third-order valence-electron chi connectivity index (χ3n) is 2.84. The van der Waals surface area contributed by atoms with Crippen molar-refractivity contribution in [2.45, 2.75) is 24.4 Å². The molecule has 2 rings (SSSR count). The van der Waals surface area contributed by atoms with Crippen molar-refractivity contribution in [1.29, 1.82) is 0 Å². The Morgan fingerprint density at radius 2 is 1.88 bits per heavy atom. The summed E-state index contributed by atoms with van der Waals surface area (Å²) in [4.78, 5) is 0. The molecule has 1 fully saturated rings. The monoisotopic (exact) mass is 225 g/mol. The summed E-state index contributed by atoms with van der Waals surface area (Å²) in [5.41, 5.74) is 6.89. The number of para-hydroxylation sites is 1. The number of ether oxygens (including phenoxy) is 1. The number of anilines is 1. The molecule has 1 aliphatic rings. The van der Waals surface area contributed by atoms with Crippen LogP contribution < -0.4 is 5.73 Å². The van der Waals surface area contributed by atoms with Crippen LogP contribution in [0.15, 0.2) is 24.3 Å². The Morgan fingerprint density at radius 1 is 1.19 bits per heavy atom. The first-order valence-corrected chi connectivity index (χ1v) is 5.12. The van der Waals surface area contributed by atoms with Gasteiger partial charge >= 0.3 is 0 Å². The fourth-order valence-electron chi connectivity index (χ4n) is 1.93. The zero-order valence-corrected chi connectivity index (χ0v) is 8.65.